The molecule has 0 saturated heterocycles. The number of aromatic hydroxyl groups is 1. The Bertz CT molecular complexity index is 367. The molecule has 1 aromatic rings. The van der Waals surface area contributed by atoms with Crippen LogP contribution in [0, 0.1) is 0 Å². The van der Waals surface area contributed by atoms with Crippen molar-refractivity contribution in [3.8, 4) is 11.5 Å². The average molecular weight is 192 g/mol. The molecule has 1 aliphatic rings. The van der Waals surface area contributed by atoms with Gasteiger partial charge in [0.05, 0.1) is 0 Å². The summed E-state index contributed by atoms with van der Waals surface area (Å²) in [6, 6.07) is 5.02. The molecule has 0 spiro atoms. The van der Waals surface area contributed by atoms with Crippen LogP contribution in [0.3, 0.4) is 0 Å². The molecule has 3 nitrogen and oxygen atoms in total. The van der Waals surface area contributed by atoms with E-state index < -0.39 is 0 Å². The second kappa shape index (κ2) is 3.33. The van der Waals surface area contributed by atoms with Gasteiger partial charge in [-0.3, -0.25) is 4.79 Å². The van der Waals surface area contributed by atoms with Crippen LogP contribution in [0.25, 0.3) is 0 Å². The van der Waals surface area contributed by atoms with Gasteiger partial charge in [0.15, 0.2) is 0 Å². The monoisotopic (exact) mass is 192 g/mol. The molecule has 3 heteroatoms. The molecule has 0 radical (unpaired) electrons. The number of hydrogen-bond acceptors (Lipinski definition) is 3. The van der Waals surface area contributed by atoms with E-state index in [0.717, 1.165) is 18.4 Å². The van der Waals surface area contributed by atoms with Crippen molar-refractivity contribution in [1.82, 2.24) is 0 Å². The molecule has 1 saturated carbocycles. The van der Waals surface area contributed by atoms with E-state index in [-0.39, 0.29) is 11.7 Å². The maximum atomic E-state index is 10.8. The first kappa shape index (κ1) is 9.06. The molecule has 1 aliphatic carbocycles. The predicted octanol–water partition coefficient (Wildman–Crippen LogP) is 2.19. The minimum Gasteiger partial charge on any atom is -0.508 e. The summed E-state index contributed by atoms with van der Waals surface area (Å²) in [5.74, 6) is 0.745. The number of phenolic OH excluding ortho intramolecular Hbond substituents is 1. The molecule has 0 bridgehead atoms. The van der Waals surface area contributed by atoms with Gasteiger partial charge in [-0.1, -0.05) is 6.07 Å². The standard InChI is InChI=1S/C11H12O3/c1-7(12)14-10-4-2-3-9(13)11(10)8-5-6-8/h2-4,8,13H,5-6H2,1H3. The van der Waals surface area contributed by atoms with Gasteiger partial charge in [-0.15, -0.1) is 0 Å². The number of ether oxygens (including phenoxy) is 1. The van der Waals surface area contributed by atoms with Crippen molar-refractivity contribution in [1.29, 1.82) is 0 Å². The SMILES string of the molecule is CC(=O)Oc1cccc(O)c1C1CC1. The van der Waals surface area contributed by atoms with Crippen LogP contribution in [0.15, 0.2) is 18.2 Å². The zero-order valence-electron chi connectivity index (χ0n) is 7.99. The normalized spacial score (nSPS) is 15.2. The molecule has 0 aliphatic heterocycles. The number of benzene rings is 1. The van der Waals surface area contributed by atoms with Gasteiger partial charge in [0.1, 0.15) is 11.5 Å². The lowest BCUT2D eigenvalue weighted by molar-refractivity contribution is -0.131. The number of hydrogen-bond donors (Lipinski definition) is 1. The Kier molecular flexibility index (Phi) is 2.15. The average Bonchev–Trinajstić information content (AvgIpc) is 2.86. The van der Waals surface area contributed by atoms with E-state index in [4.69, 9.17) is 4.74 Å². The Morgan fingerprint density at radius 1 is 1.50 bits per heavy atom. The maximum absolute atomic E-state index is 10.8. The van der Waals surface area contributed by atoms with E-state index >= 15 is 0 Å². The number of phenols is 1. The van der Waals surface area contributed by atoms with Gasteiger partial charge >= 0.3 is 5.97 Å². The predicted molar refractivity (Wildman–Crippen MR) is 51.4 cm³/mol. The molecule has 0 amide bonds. The van der Waals surface area contributed by atoms with Crippen LogP contribution < -0.4 is 4.74 Å². The molecule has 1 fully saturated rings. The van der Waals surface area contributed by atoms with Crippen molar-refractivity contribution in [3.63, 3.8) is 0 Å². The summed E-state index contributed by atoms with van der Waals surface area (Å²) in [5.41, 5.74) is 0.780. The molecule has 2 rings (SSSR count). The molecule has 14 heavy (non-hydrogen) atoms. The summed E-state index contributed by atoms with van der Waals surface area (Å²) in [4.78, 5) is 10.8. The number of esters is 1. The molecule has 0 aromatic heterocycles. The minimum atomic E-state index is -0.350. The fourth-order valence-corrected chi connectivity index (χ4v) is 1.56. The third-order valence-corrected chi connectivity index (χ3v) is 2.28. The van der Waals surface area contributed by atoms with Gasteiger partial charge in [-0.05, 0) is 30.9 Å². The molecule has 1 N–H and O–H groups in total. The van der Waals surface area contributed by atoms with Crippen molar-refractivity contribution in [2.75, 3.05) is 0 Å². The number of carbonyl (C=O) groups excluding carboxylic acids is 1. The Balaban J connectivity index is 2.36. The first-order chi connectivity index (χ1) is 6.68. The second-order valence-corrected chi connectivity index (χ2v) is 3.56. The van der Waals surface area contributed by atoms with Gasteiger partial charge in [0.25, 0.3) is 0 Å². The van der Waals surface area contributed by atoms with E-state index in [1.54, 1.807) is 18.2 Å². The lowest BCUT2D eigenvalue weighted by Crippen LogP contribution is -2.03. The van der Waals surface area contributed by atoms with Crippen molar-refractivity contribution in [2.45, 2.75) is 25.7 Å². The Hall–Kier alpha value is -1.51. The molecule has 0 atom stereocenters. The highest BCUT2D eigenvalue weighted by molar-refractivity contribution is 5.70. The summed E-state index contributed by atoms with van der Waals surface area (Å²) in [6.07, 6.45) is 2.12. The number of rotatable bonds is 2. The fourth-order valence-electron chi connectivity index (χ4n) is 1.56. The lowest BCUT2D eigenvalue weighted by atomic mass is 10.1. The van der Waals surface area contributed by atoms with Gasteiger partial charge in [0, 0.05) is 12.5 Å². The molecule has 0 unspecified atom stereocenters. The van der Waals surface area contributed by atoms with Gasteiger partial charge in [0.2, 0.25) is 0 Å². The summed E-state index contributed by atoms with van der Waals surface area (Å²) in [7, 11) is 0. The fraction of sp³-hybridized carbons (Fsp3) is 0.364. The van der Waals surface area contributed by atoms with E-state index in [9.17, 15) is 9.90 Å². The van der Waals surface area contributed by atoms with Crippen molar-refractivity contribution < 1.29 is 14.6 Å². The Labute approximate surface area is 82.3 Å². The molecule has 1 aromatic carbocycles. The smallest absolute Gasteiger partial charge is 0.308 e. The van der Waals surface area contributed by atoms with E-state index in [1.807, 2.05) is 0 Å². The first-order valence-corrected chi connectivity index (χ1v) is 4.69. The molecule has 74 valence electrons. The topological polar surface area (TPSA) is 46.5 Å². The van der Waals surface area contributed by atoms with E-state index in [2.05, 4.69) is 0 Å². The highest BCUT2D eigenvalue weighted by Gasteiger charge is 2.29. The third kappa shape index (κ3) is 1.71. The van der Waals surface area contributed by atoms with Crippen LogP contribution in [0.2, 0.25) is 0 Å². The van der Waals surface area contributed by atoms with Gasteiger partial charge in [-0.25, -0.2) is 0 Å². The summed E-state index contributed by atoms with van der Waals surface area (Å²) >= 11 is 0. The van der Waals surface area contributed by atoms with Crippen LogP contribution in [-0.2, 0) is 4.79 Å². The maximum Gasteiger partial charge on any atom is 0.308 e. The van der Waals surface area contributed by atoms with E-state index in [0.29, 0.717) is 11.7 Å². The van der Waals surface area contributed by atoms with Crippen LogP contribution in [0.5, 0.6) is 11.5 Å². The van der Waals surface area contributed by atoms with Crippen molar-refractivity contribution >= 4 is 5.97 Å². The summed E-state index contributed by atoms with van der Waals surface area (Å²) in [5, 5.41) is 9.62. The van der Waals surface area contributed by atoms with Crippen LogP contribution in [0.1, 0.15) is 31.2 Å². The van der Waals surface area contributed by atoms with Gasteiger partial charge in [-0.2, -0.15) is 0 Å². The summed E-state index contributed by atoms with van der Waals surface area (Å²) in [6.45, 7) is 1.36. The Morgan fingerprint density at radius 3 is 2.79 bits per heavy atom. The van der Waals surface area contributed by atoms with Crippen LogP contribution in [0.4, 0.5) is 0 Å². The minimum absolute atomic E-state index is 0.228. The number of carbonyl (C=O) groups is 1. The Morgan fingerprint density at radius 2 is 2.21 bits per heavy atom. The zero-order chi connectivity index (χ0) is 10.1. The first-order valence-electron chi connectivity index (χ1n) is 4.69. The van der Waals surface area contributed by atoms with Crippen molar-refractivity contribution in [3.05, 3.63) is 23.8 Å². The lowest BCUT2D eigenvalue weighted by Gasteiger charge is -2.09. The molecular formula is C11H12O3. The van der Waals surface area contributed by atoms with Crippen molar-refractivity contribution in [2.24, 2.45) is 0 Å². The van der Waals surface area contributed by atoms with Gasteiger partial charge < -0.3 is 9.84 Å². The largest absolute Gasteiger partial charge is 0.508 e. The molecular weight excluding hydrogens is 180 g/mol. The molecule has 0 heterocycles. The third-order valence-electron chi connectivity index (χ3n) is 2.28. The van der Waals surface area contributed by atoms with E-state index in [1.165, 1.54) is 6.92 Å². The quantitative estimate of drug-likeness (QED) is 0.577. The van der Waals surface area contributed by atoms with Crippen LogP contribution >= 0.6 is 0 Å². The highest BCUT2D eigenvalue weighted by Crippen LogP contribution is 2.48. The highest BCUT2D eigenvalue weighted by atomic mass is 16.5. The second-order valence-electron chi connectivity index (χ2n) is 3.56. The zero-order valence-corrected chi connectivity index (χ0v) is 7.99. The summed E-state index contributed by atoms with van der Waals surface area (Å²) < 4.78 is 5.03. The van der Waals surface area contributed by atoms with Crippen LogP contribution in [-0.4, -0.2) is 11.1 Å².